The molecule has 3 aromatic carbocycles. The maximum Gasteiger partial charge on any atom is 0.119 e. The Labute approximate surface area is 263 Å². The van der Waals surface area contributed by atoms with Crippen molar-refractivity contribution in [3.63, 3.8) is 0 Å². The molecule has 43 heavy (non-hydrogen) atoms. The average Bonchev–Trinajstić information content (AvgIpc) is 3.05. The molecule has 0 bridgehead atoms. The van der Waals surface area contributed by atoms with Crippen LogP contribution in [0.15, 0.2) is 72.8 Å². The Morgan fingerprint density at radius 1 is 0.395 bits per heavy atom. The molecule has 0 fully saturated rings. The van der Waals surface area contributed by atoms with Gasteiger partial charge in [0, 0.05) is 0 Å². The van der Waals surface area contributed by atoms with Gasteiger partial charge in [-0.05, 0) is 65.9 Å². The second-order valence-corrected chi connectivity index (χ2v) is 11.8. The molecular weight excluding hydrogens is 528 g/mol. The second-order valence-electron chi connectivity index (χ2n) is 11.8. The molecule has 0 amide bonds. The van der Waals surface area contributed by atoms with Crippen LogP contribution in [0, 0.1) is 5.92 Å². The van der Waals surface area contributed by atoms with Crippen LogP contribution in [-0.4, -0.2) is 20.3 Å². The Morgan fingerprint density at radius 3 is 1.02 bits per heavy atom. The molecule has 0 aromatic heterocycles. The van der Waals surface area contributed by atoms with Crippen molar-refractivity contribution in [3.8, 4) is 17.2 Å². The molecule has 3 nitrogen and oxygen atoms in total. The van der Waals surface area contributed by atoms with E-state index in [2.05, 4.69) is 74.5 Å². The first kappa shape index (κ1) is 34.5. The summed E-state index contributed by atoms with van der Waals surface area (Å²) in [7, 11) is 1.71. The third kappa shape index (κ3) is 13.5. The van der Waals surface area contributed by atoms with Gasteiger partial charge in [-0.2, -0.15) is 0 Å². The van der Waals surface area contributed by atoms with Gasteiger partial charge in [0.25, 0.3) is 0 Å². The van der Waals surface area contributed by atoms with Crippen LogP contribution in [0.25, 0.3) is 0 Å². The molecule has 0 spiro atoms. The monoisotopic (exact) mass is 585 g/mol. The lowest BCUT2D eigenvalue weighted by Gasteiger charge is -2.19. The van der Waals surface area contributed by atoms with Crippen molar-refractivity contribution >= 4 is 0 Å². The molecule has 0 aliphatic heterocycles. The van der Waals surface area contributed by atoms with Crippen LogP contribution in [0.4, 0.5) is 0 Å². The van der Waals surface area contributed by atoms with E-state index in [0.717, 1.165) is 60.0 Å². The Balaban J connectivity index is 1.53. The van der Waals surface area contributed by atoms with E-state index >= 15 is 0 Å². The van der Waals surface area contributed by atoms with Gasteiger partial charge in [-0.3, -0.25) is 0 Å². The Hall–Kier alpha value is -2.94. The zero-order valence-corrected chi connectivity index (χ0v) is 27.4. The molecule has 3 heteroatoms. The molecule has 0 saturated heterocycles. The van der Waals surface area contributed by atoms with E-state index in [4.69, 9.17) is 14.2 Å². The summed E-state index contributed by atoms with van der Waals surface area (Å²) in [5, 5.41) is 0. The molecular formula is C40H57O3. The summed E-state index contributed by atoms with van der Waals surface area (Å²) in [6, 6.07) is 25.4. The molecule has 0 atom stereocenters. The Kier molecular flexibility index (Phi) is 17.4. The van der Waals surface area contributed by atoms with Crippen LogP contribution in [0.5, 0.6) is 17.2 Å². The smallest absolute Gasteiger partial charge is 0.119 e. The van der Waals surface area contributed by atoms with Crippen LogP contribution < -0.4 is 14.2 Å². The van der Waals surface area contributed by atoms with Crippen LogP contribution in [0.3, 0.4) is 0 Å². The summed E-state index contributed by atoms with van der Waals surface area (Å²) in [4.78, 5) is 0. The van der Waals surface area contributed by atoms with Crippen molar-refractivity contribution in [2.24, 2.45) is 0 Å². The molecule has 3 aromatic rings. The van der Waals surface area contributed by atoms with E-state index in [1.54, 1.807) is 7.11 Å². The molecule has 1 radical (unpaired) electrons. The summed E-state index contributed by atoms with van der Waals surface area (Å²) in [5.74, 6) is 3.92. The summed E-state index contributed by atoms with van der Waals surface area (Å²) in [6.45, 7) is 6.11. The van der Waals surface area contributed by atoms with Gasteiger partial charge < -0.3 is 14.2 Å². The fourth-order valence-corrected chi connectivity index (χ4v) is 5.55. The zero-order valence-electron chi connectivity index (χ0n) is 27.4. The molecule has 0 saturated carbocycles. The number of ether oxygens (including phenoxy) is 3. The number of methoxy groups -OCH3 is 1. The highest BCUT2D eigenvalue weighted by Crippen LogP contribution is 2.34. The maximum atomic E-state index is 6.08. The Bertz CT molecular complexity index is 1010. The van der Waals surface area contributed by atoms with Crippen LogP contribution in [-0.2, 0) is 0 Å². The van der Waals surface area contributed by atoms with Gasteiger partial charge in [0.15, 0.2) is 0 Å². The third-order valence-electron chi connectivity index (χ3n) is 8.20. The van der Waals surface area contributed by atoms with Crippen molar-refractivity contribution in [3.05, 3.63) is 95.4 Å². The second kappa shape index (κ2) is 21.7. The molecule has 0 heterocycles. The molecule has 3 rings (SSSR count). The largest absolute Gasteiger partial charge is 0.497 e. The minimum absolute atomic E-state index is 0.782. The number of benzene rings is 3. The fraction of sp³-hybridized carbons (Fsp3) is 0.525. The minimum Gasteiger partial charge on any atom is -0.497 e. The van der Waals surface area contributed by atoms with E-state index in [1.165, 1.54) is 95.8 Å². The van der Waals surface area contributed by atoms with Gasteiger partial charge in [-0.25, -0.2) is 0 Å². The highest BCUT2D eigenvalue weighted by Gasteiger charge is 2.18. The van der Waals surface area contributed by atoms with Gasteiger partial charge in [-0.1, -0.05) is 140 Å². The van der Waals surface area contributed by atoms with Gasteiger partial charge >= 0.3 is 0 Å². The van der Waals surface area contributed by atoms with E-state index in [1.807, 2.05) is 12.1 Å². The van der Waals surface area contributed by atoms with Crippen molar-refractivity contribution in [2.75, 3.05) is 20.3 Å². The molecule has 235 valence electrons. The van der Waals surface area contributed by atoms with E-state index in [0.29, 0.717) is 0 Å². The van der Waals surface area contributed by atoms with Gasteiger partial charge in [0.05, 0.1) is 26.2 Å². The normalized spacial score (nSPS) is 11.2. The molecule has 0 unspecified atom stereocenters. The molecule has 0 aliphatic rings. The highest BCUT2D eigenvalue weighted by atomic mass is 16.5. The lowest BCUT2D eigenvalue weighted by atomic mass is 9.85. The van der Waals surface area contributed by atoms with Crippen LogP contribution in [0.1, 0.15) is 133 Å². The van der Waals surface area contributed by atoms with Crippen molar-refractivity contribution in [1.29, 1.82) is 0 Å². The maximum absolute atomic E-state index is 6.08. The number of hydrogen-bond donors (Lipinski definition) is 0. The lowest BCUT2D eigenvalue weighted by Crippen LogP contribution is -2.05. The van der Waals surface area contributed by atoms with Crippen LogP contribution >= 0.6 is 0 Å². The SMILES string of the molecule is CCCCCCCCCCOc1ccc([C](c2ccc(OC)cc2)c2ccc(OCCCCCCCCCC)cc2)cc1. The van der Waals surface area contributed by atoms with E-state index in [9.17, 15) is 0 Å². The van der Waals surface area contributed by atoms with Crippen molar-refractivity contribution < 1.29 is 14.2 Å². The summed E-state index contributed by atoms with van der Waals surface area (Å²) >= 11 is 0. The summed E-state index contributed by atoms with van der Waals surface area (Å²) in [6.07, 6.45) is 20.9. The van der Waals surface area contributed by atoms with E-state index in [-0.39, 0.29) is 0 Å². The number of hydrogen-bond acceptors (Lipinski definition) is 3. The standard InChI is InChI=1S/C40H57O3/c1-4-6-8-10-12-14-16-18-32-42-38-28-22-35(23-29-38)40(34-20-26-37(41-3)27-21-34)36-24-30-39(31-25-36)43-33-19-17-15-13-11-9-7-5-2/h20-31H,4-19,32-33H2,1-3H3. The first-order valence-electron chi connectivity index (χ1n) is 17.2. The number of unbranched alkanes of at least 4 members (excludes halogenated alkanes) is 14. The number of rotatable bonds is 24. The molecule has 0 N–H and O–H groups in total. The van der Waals surface area contributed by atoms with Gasteiger partial charge in [0.1, 0.15) is 17.2 Å². The van der Waals surface area contributed by atoms with Gasteiger partial charge in [0.2, 0.25) is 0 Å². The fourth-order valence-electron chi connectivity index (χ4n) is 5.55. The predicted octanol–water partition coefficient (Wildman–Crippen LogP) is 11.8. The first-order valence-corrected chi connectivity index (χ1v) is 17.2. The topological polar surface area (TPSA) is 27.7 Å². The van der Waals surface area contributed by atoms with E-state index < -0.39 is 0 Å². The van der Waals surface area contributed by atoms with Crippen molar-refractivity contribution in [2.45, 2.75) is 117 Å². The Morgan fingerprint density at radius 2 is 0.698 bits per heavy atom. The first-order chi connectivity index (χ1) is 21.2. The minimum atomic E-state index is 0.782. The van der Waals surface area contributed by atoms with Gasteiger partial charge in [-0.15, -0.1) is 0 Å². The van der Waals surface area contributed by atoms with Crippen molar-refractivity contribution in [1.82, 2.24) is 0 Å². The summed E-state index contributed by atoms with van der Waals surface area (Å²) < 4.78 is 17.6. The summed E-state index contributed by atoms with van der Waals surface area (Å²) in [5.41, 5.74) is 3.48. The van der Waals surface area contributed by atoms with Crippen LogP contribution in [0.2, 0.25) is 0 Å². The zero-order chi connectivity index (χ0) is 30.4. The quantitative estimate of drug-likeness (QED) is 0.0773. The predicted molar refractivity (Wildman–Crippen MR) is 183 cm³/mol. The lowest BCUT2D eigenvalue weighted by molar-refractivity contribution is 0.304. The average molecular weight is 586 g/mol. The molecule has 0 aliphatic carbocycles. The third-order valence-corrected chi connectivity index (χ3v) is 8.20. The highest BCUT2D eigenvalue weighted by molar-refractivity contribution is 5.59.